The second kappa shape index (κ2) is 4.72. The summed E-state index contributed by atoms with van der Waals surface area (Å²) in [7, 11) is 0. The van der Waals surface area contributed by atoms with Crippen LogP contribution in [0.1, 0.15) is 31.7 Å². The van der Waals surface area contributed by atoms with Gasteiger partial charge in [-0.25, -0.2) is 4.39 Å². The van der Waals surface area contributed by atoms with Crippen LogP contribution in [0.5, 0.6) is 0 Å². The van der Waals surface area contributed by atoms with Gasteiger partial charge in [-0.15, -0.1) is 0 Å². The Hall–Kier alpha value is -0.600. The first-order valence-electron chi connectivity index (χ1n) is 5.74. The Balaban J connectivity index is 1.85. The summed E-state index contributed by atoms with van der Waals surface area (Å²) in [5.41, 5.74) is 1.12. The van der Waals surface area contributed by atoms with Gasteiger partial charge in [-0.05, 0) is 30.4 Å². The van der Waals surface area contributed by atoms with Crippen molar-refractivity contribution in [3.63, 3.8) is 0 Å². The number of halogens is 2. The Kier molecular flexibility index (Phi) is 3.50. The molecule has 88 valence electrons. The lowest BCUT2D eigenvalue weighted by atomic mass is 9.70. The molecule has 0 aromatic heterocycles. The van der Waals surface area contributed by atoms with Gasteiger partial charge in [0.25, 0.3) is 0 Å². The van der Waals surface area contributed by atoms with Crippen LogP contribution in [0, 0.1) is 11.2 Å². The first-order valence-corrected chi connectivity index (χ1v) is 6.12. The second-order valence-electron chi connectivity index (χ2n) is 5.00. The van der Waals surface area contributed by atoms with E-state index < -0.39 is 0 Å². The van der Waals surface area contributed by atoms with Gasteiger partial charge in [0.1, 0.15) is 5.82 Å². The average Bonchev–Trinajstić information content (AvgIpc) is 2.19. The van der Waals surface area contributed by atoms with Crippen molar-refractivity contribution >= 4 is 11.6 Å². The quantitative estimate of drug-likeness (QED) is 0.847. The summed E-state index contributed by atoms with van der Waals surface area (Å²) >= 11 is 5.69. The molecule has 1 nitrogen and oxygen atoms in total. The van der Waals surface area contributed by atoms with E-state index in [4.69, 9.17) is 11.6 Å². The second-order valence-corrected chi connectivity index (χ2v) is 5.44. The molecule has 1 aromatic carbocycles. The molecule has 0 radical (unpaired) electrons. The lowest BCUT2D eigenvalue weighted by molar-refractivity contribution is 0.156. The summed E-state index contributed by atoms with van der Waals surface area (Å²) in [4.78, 5) is 0. The third-order valence-corrected chi connectivity index (χ3v) is 3.68. The standard InChI is InChI=1S/C13H17ClFN/c1-13(5-2-6-13)9-16-8-10-3-4-11(14)7-12(10)15/h3-4,7,16H,2,5-6,8-9H2,1H3. The zero-order valence-electron chi connectivity index (χ0n) is 9.52. The molecule has 0 spiro atoms. The Bertz CT molecular complexity index is 374. The van der Waals surface area contributed by atoms with Crippen molar-refractivity contribution in [2.24, 2.45) is 5.41 Å². The highest BCUT2D eigenvalue weighted by atomic mass is 35.5. The maximum absolute atomic E-state index is 13.4. The highest BCUT2D eigenvalue weighted by Crippen LogP contribution is 2.39. The Morgan fingerprint density at radius 2 is 2.19 bits per heavy atom. The largest absolute Gasteiger partial charge is 0.312 e. The molecule has 1 saturated carbocycles. The van der Waals surface area contributed by atoms with E-state index in [9.17, 15) is 4.39 Å². The smallest absolute Gasteiger partial charge is 0.129 e. The van der Waals surface area contributed by atoms with E-state index in [0.717, 1.165) is 6.54 Å². The molecule has 1 N–H and O–H groups in total. The van der Waals surface area contributed by atoms with Gasteiger partial charge < -0.3 is 5.32 Å². The third kappa shape index (κ3) is 2.74. The average molecular weight is 242 g/mol. The van der Waals surface area contributed by atoms with Gasteiger partial charge in [0, 0.05) is 23.7 Å². The van der Waals surface area contributed by atoms with Gasteiger partial charge >= 0.3 is 0 Å². The lowest BCUT2D eigenvalue weighted by Gasteiger charge is -2.38. The SMILES string of the molecule is CC1(CNCc2ccc(Cl)cc2F)CCC1. The zero-order chi connectivity index (χ0) is 11.6. The van der Waals surface area contributed by atoms with E-state index in [1.165, 1.54) is 25.3 Å². The summed E-state index contributed by atoms with van der Waals surface area (Å²) in [5.74, 6) is -0.223. The third-order valence-electron chi connectivity index (χ3n) is 3.44. The summed E-state index contributed by atoms with van der Waals surface area (Å²) in [6.45, 7) is 3.83. The van der Waals surface area contributed by atoms with Crippen LogP contribution in [0.15, 0.2) is 18.2 Å². The Morgan fingerprint density at radius 1 is 1.44 bits per heavy atom. The number of hydrogen-bond acceptors (Lipinski definition) is 1. The van der Waals surface area contributed by atoms with Gasteiger partial charge in [0.2, 0.25) is 0 Å². The van der Waals surface area contributed by atoms with E-state index in [1.54, 1.807) is 12.1 Å². The molecular weight excluding hydrogens is 225 g/mol. The topological polar surface area (TPSA) is 12.0 Å². The normalized spacial score (nSPS) is 18.2. The maximum atomic E-state index is 13.4. The van der Waals surface area contributed by atoms with E-state index in [0.29, 0.717) is 22.5 Å². The molecule has 0 atom stereocenters. The van der Waals surface area contributed by atoms with Gasteiger partial charge in [0.15, 0.2) is 0 Å². The number of benzene rings is 1. The van der Waals surface area contributed by atoms with Crippen molar-refractivity contribution in [1.82, 2.24) is 5.32 Å². The minimum Gasteiger partial charge on any atom is -0.312 e. The van der Waals surface area contributed by atoms with Crippen molar-refractivity contribution < 1.29 is 4.39 Å². The van der Waals surface area contributed by atoms with Crippen LogP contribution in [0.25, 0.3) is 0 Å². The van der Waals surface area contributed by atoms with Crippen LogP contribution in [0.3, 0.4) is 0 Å². The molecule has 0 saturated heterocycles. The highest BCUT2D eigenvalue weighted by Gasteiger charge is 2.30. The summed E-state index contributed by atoms with van der Waals surface area (Å²) in [6, 6.07) is 4.84. The molecule has 1 fully saturated rings. The first-order chi connectivity index (χ1) is 7.59. The number of rotatable bonds is 4. The molecule has 0 bridgehead atoms. The monoisotopic (exact) mass is 241 g/mol. The van der Waals surface area contributed by atoms with Crippen molar-refractivity contribution in [3.05, 3.63) is 34.6 Å². The predicted molar refractivity (Wildman–Crippen MR) is 65.1 cm³/mol. The van der Waals surface area contributed by atoms with Gasteiger partial charge in [-0.3, -0.25) is 0 Å². The minimum atomic E-state index is -0.223. The van der Waals surface area contributed by atoms with Crippen molar-refractivity contribution in [3.8, 4) is 0 Å². The highest BCUT2D eigenvalue weighted by molar-refractivity contribution is 6.30. The van der Waals surface area contributed by atoms with Crippen molar-refractivity contribution in [1.29, 1.82) is 0 Å². The molecule has 2 rings (SSSR count). The molecule has 1 aliphatic rings. The van der Waals surface area contributed by atoms with Gasteiger partial charge in [0.05, 0.1) is 0 Å². The van der Waals surface area contributed by atoms with Gasteiger partial charge in [-0.1, -0.05) is 31.0 Å². The van der Waals surface area contributed by atoms with Crippen LogP contribution < -0.4 is 5.32 Å². The fourth-order valence-electron chi connectivity index (χ4n) is 2.12. The summed E-state index contributed by atoms with van der Waals surface area (Å²) < 4.78 is 13.4. The maximum Gasteiger partial charge on any atom is 0.129 e. The Labute approximate surface area is 101 Å². The molecule has 1 aromatic rings. The zero-order valence-corrected chi connectivity index (χ0v) is 10.3. The molecular formula is C13H17ClFN. The number of nitrogens with one attached hydrogen (secondary N) is 1. The van der Waals surface area contributed by atoms with Crippen LogP contribution >= 0.6 is 11.6 Å². The van der Waals surface area contributed by atoms with E-state index in [-0.39, 0.29) is 5.82 Å². The van der Waals surface area contributed by atoms with E-state index in [2.05, 4.69) is 12.2 Å². The summed E-state index contributed by atoms with van der Waals surface area (Å²) in [6.07, 6.45) is 3.89. The van der Waals surface area contributed by atoms with Crippen molar-refractivity contribution in [2.75, 3.05) is 6.54 Å². The molecule has 1 aliphatic carbocycles. The molecule has 0 aliphatic heterocycles. The van der Waals surface area contributed by atoms with Crippen LogP contribution in [0.2, 0.25) is 5.02 Å². The molecule has 16 heavy (non-hydrogen) atoms. The van der Waals surface area contributed by atoms with E-state index in [1.807, 2.05) is 0 Å². The van der Waals surface area contributed by atoms with Crippen LogP contribution in [-0.4, -0.2) is 6.54 Å². The predicted octanol–water partition coefficient (Wildman–Crippen LogP) is 3.76. The fourth-order valence-corrected chi connectivity index (χ4v) is 2.28. The minimum absolute atomic E-state index is 0.223. The molecule has 0 amide bonds. The van der Waals surface area contributed by atoms with E-state index >= 15 is 0 Å². The Morgan fingerprint density at radius 3 is 2.75 bits per heavy atom. The lowest BCUT2D eigenvalue weighted by Crippen LogP contribution is -2.37. The fraction of sp³-hybridized carbons (Fsp3) is 0.538. The van der Waals surface area contributed by atoms with Gasteiger partial charge in [-0.2, -0.15) is 0 Å². The van der Waals surface area contributed by atoms with Crippen molar-refractivity contribution in [2.45, 2.75) is 32.7 Å². The molecule has 3 heteroatoms. The summed E-state index contributed by atoms with van der Waals surface area (Å²) in [5, 5.41) is 3.77. The first kappa shape index (κ1) is 11.9. The molecule has 0 unspecified atom stereocenters. The van der Waals surface area contributed by atoms with Crippen LogP contribution in [-0.2, 0) is 6.54 Å². The molecule has 0 heterocycles. The van der Waals surface area contributed by atoms with Crippen LogP contribution in [0.4, 0.5) is 4.39 Å². The number of hydrogen-bond donors (Lipinski definition) is 1.